The van der Waals surface area contributed by atoms with E-state index in [-0.39, 0.29) is 23.9 Å². The van der Waals surface area contributed by atoms with E-state index in [1.807, 2.05) is 6.08 Å². The molecule has 0 aliphatic carbocycles. The number of carbonyl (C=O) groups is 1. The molecule has 200 valence electrons. The average molecular weight is 507 g/mol. The van der Waals surface area contributed by atoms with Gasteiger partial charge >= 0.3 is 5.97 Å². The first-order valence-electron chi connectivity index (χ1n) is 13.4. The molecule has 6 heteroatoms. The van der Waals surface area contributed by atoms with E-state index < -0.39 is 8.32 Å². The second-order valence-electron chi connectivity index (χ2n) is 9.58. The normalized spacial score (nSPS) is 14.2. The van der Waals surface area contributed by atoms with E-state index in [1.54, 1.807) is 14.2 Å². The van der Waals surface area contributed by atoms with Gasteiger partial charge in [0.25, 0.3) is 0 Å². The molecule has 0 spiro atoms. The first-order chi connectivity index (χ1) is 16.8. The highest BCUT2D eigenvalue weighted by Crippen LogP contribution is 2.45. The van der Waals surface area contributed by atoms with Gasteiger partial charge in [-0.3, -0.25) is 4.79 Å². The van der Waals surface area contributed by atoms with E-state index in [0.717, 1.165) is 66.4 Å². The molecule has 35 heavy (non-hydrogen) atoms. The second-order valence-corrected chi connectivity index (χ2v) is 14.3. The molecule has 0 bridgehead atoms. The zero-order valence-electron chi connectivity index (χ0n) is 23.6. The fraction of sp³-hybridized carbons (Fsp3) is 0.690. The SMILES string of the molecule is C=CC[C@H](CCCC)c1c(OC)cc([C@H](O[Si](CC)(CC)CC)[C@@H](C)CCC(=O)OC)cc1OC. The molecule has 0 aromatic heterocycles. The fourth-order valence-corrected chi connectivity index (χ4v) is 7.85. The van der Waals surface area contributed by atoms with Crippen molar-refractivity contribution in [1.29, 1.82) is 0 Å². The van der Waals surface area contributed by atoms with Crippen LogP contribution in [0.1, 0.15) is 96.3 Å². The van der Waals surface area contributed by atoms with Crippen molar-refractivity contribution in [3.63, 3.8) is 0 Å². The summed E-state index contributed by atoms with van der Waals surface area (Å²) in [6, 6.07) is 7.46. The number of esters is 1. The van der Waals surface area contributed by atoms with E-state index >= 15 is 0 Å². The molecule has 0 unspecified atom stereocenters. The maximum absolute atomic E-state index is 11.9. The van der Waals surface area contributed by atoms with Crippen LogP contribution in [0.25, 0.3) is 0 Å². The van der Waals surface area contributed by atoms with Crippen LogP contribution in [0, 0.1) is 5.92 Å². The standard InChI is InChI=1S/C29H50O5Si/c1-10-15-17-23(16-11-2)28-25(31-7)20-24(21-26(28)32-8)29(22(6)18-19-27(30)33-9)34-35(12-3,13-4)14-5/h11,20-23,29H,2,10,12-19H2,1,3-9H3/t22-,23+,29+/m0/s1. The Morgan fingerprint density at radius 2 is 1.57 bits per heavy atom. The zero-order valence-corrected chi connectivity index (χ0v) is 24.6. The third kappa shape index (κ3) is 8.67. The predicted molar refractivity (Wildman–Crippen MR) is 148 cm³/mol. The molecule has 0 fully saturated rings. The summed E-state index contributed by atoms with van der Waals surface area (Å²) in [5.41, 5.74) is 2.16. The van der Waals surface area contributed by atoms with Crippen molar-refractivity contribution in [2.24, 2.45) is 5.92 Å². The fourth-order valence-electron chi connectivity index (χ4n) is 4.94. The van der Waals surface area contributed by atoms with Gasteiger partial charge in [-0.25, -0.2) is 0 Å². The van der Waals surface area contributed by atoms with Crippen LogP contribution in [0.4, 0.5) is 0 Å². The van der Waals surface area contributed by atoms with Crippen molar-refractivity contribution in [3.8, 4) is 11.5 Å². The molecule has 0 amide bonds. The lowest BCUT2D eigenvalue weighted by Gasteiger charge is -2.37. The number of allylic oxidation sites excluding steroid dienone is 1. The summed E-state index contributed by atoms with van der Waals surface area (Å²) < 4.78 is 23.9. The van der Waals surface area contributed by atoms with Crippen LogP contribution in [-0.4, -0.2) is 35.6 Å². The van der Waals surface area contributed by atoms with Crippen LogP contribution in [0.2, 0.25) is 18.1 Å². The van der Waals surface area contributed by atoms with E-state index in [1.165, 1.54) is 7.11 Å². The number of ether oxygens (including phenoxy) is 3. The minimum atomic E-state index is -1.92. The number of methoxy groups -OCH3 is 3. The Bertz CT molecular complexity index is 741. The third-order valence-corrected chi connectivity index (χ3v) is 12.1. The van der Waals surface area contributed by atoms with Gasteiger partial charge in [-0.15, -0.1) is 6.58 Å². The van der Waals surface area contributed by atoms with Crippen LogP contribution >= 0.6 is 0 Å². The molecule has 0 saturated carbocycles. The van der Waals surface area contributed by atoms with Gasteiger partial charge in [0.05, 0.1) is 27.4 Å². The molecule has 5 nitrogen and oxygen atoms in total. The highest BCUT2D eigenvalue weighted by Gasteiger charge is 2.36. The molecule has 1 aromatic rings. The Morgan fingerprint density at radius 1 is 1.00 bits per heavy atom. The number of carbonyl (C=O) groups excluding carboxylic acids is 1. The molecule has 0 radical (unpaired) electrons. The number of hydrogen-bond acceptors (Lipinski definition) is 5. The van der Waals surface area contributed by atoms with E-state index in [2.05, 4.69) is 53.3 Å². The lowest BCUT2D eigenvalue weighted by atomic mass is 9.86. The molecule has 0 saturated heterocycles. The van der Waals surface area contributed by atoms with Crippen LogP contribution in [0.3, 0.4) is 0 Å². The molecule has 3 atom stereocenters. The van der Waals surface area contributed by atoms with Gasteiger partial charge in [-0.2, -0.15) is 0 Å². The van der Waals surface area contributed by atoms with Crippen LogP contribution in [0.15, 0.2) is 24.8 Å². The Morgan fingerprint density at radius 3 is 2.00 bits per heavy atom. The van der Waals surface area contributed by atoms with Crippen LogP contribution < -0.4 is 9.47 Å². The highest BCUT2D eigenvalue weighted by atomic mass is 28.4. The molecular weight excluding hydrogens is 456 g/mol. The summed E-state index contributed by atoms with van der Waals surface area (Å²) in [5, 5.41) is 0. The van der Waals surface area contributed by atoms with E-state index in [4.69, 9.17) is 18.6 Å². The molecule has 0 N–H and O–H groups in total. The molecule has 1 rings (SSSR count). The van der Waals surface area contributed by atoms with Crippen molar-refractivity contribution in [1.82, 2.24) is 0 Å². The van der Waals surface area contributed by atoms with Gasteiger partial charge < -0.3 is 18.6 Å². The van der Waals surface area contributed by atoms with Gasteiger partial charge in [0.1, 0.15) is 11.5 Å². The van der Waals surface area contributed by atoms with Crippen molar-refractivity contribution < 1.29 is 23.4 Å². The Hall–Kier alpha value is -1.79. The lowest BCUT2D eigenvalue weighted by Crippen LogP contribution is -2.38. The van der Waals surface area contributed by atoms with Crippen molar-refractivity contribution >= 4 is 14.3 Å². The maximum Gasteiger partial charge on any atom is 0.305 e. The molecule has 0 aliphatic rings. The first-order valence-corrected chi connectivity index (χ1v) is 15.9. The summed E-state index contributed by atoms with van der Waals surface area (Å²) in [6.45, 7) is 15.1. The van der Waals surface area contributed by atoms with E-state index in [9.17, 15) is 4.79 Å². The Labute approximate surface area is 215 Å². The third-order valence-electron chi connectivity index (χ3n) is 7.52. The average Bonchev–Trinajstić information content (AvgIpc) is 2.89. The van der Waals surface area contributed by atoms with Crippen molar-refractivity contribution in [3.05, 3.63) is 35.9 Å². The number of hydrogen-bond donors (Lipinski definition) is 0. The molecule has 0 heterocycles. The Kier molecular flexibility index (Phi) is 14.3. The van der Waals surface area contributed by atoms with Crippen molar-refractivity contribution in [2.45, 2.75) is 103 Å². The molecule has 0 aliphatic heterocycles. The summed E-state index contributed by atoms with van der Waals surface area (Å²) in [5.74, 6) is 1.92. The largest absolute Gasteiger partial charge is 0.496 e. The van der Waals surface area contributed by atoms with Crippen LogP contribution in [0.5, 0.6) is 11.5 Å². The summed E-state index contributed by atoms with van der Waals surface area (Å²) in [4.78, 5) is 11.9. The highest BCUT2D eigenvalue weighted by molar-refractivity contribution is 6.73. The van der Waals surface area contributed by atoms with Gasteiger partial charge in [-0.05, 0) is 66.9 Å². The predicted octanol–water partition coefficient (Wildman–Crippen LogP) is 8.21. The number of benzene rings is 1. The minimum absolute atomic E-state index is 0.134. The number of rotatable bonds is 18. The van der Waals surface area contributed by atoms with Crippen molar-refractivity contribution in [2.75, 3.05) is 21.3 Å². The van der Waals surface area contributed by atoms with E-state index in [0.29, 0.717) is 12.8 Å². The summed E-state index contributed by atoms with van der Waals surface area (Å²) in [6.07, 6.45) is 7.12. The topological polar surface area (TPSA) is 54.0 Å². The quantitative estimate of drug-likeness (QED) is 0.114. The van der Waals surface area contributed by atoms with Crippen LogP contribution in [-0.2, 0) is 14.0 Å². The van der Waals surface area contributed by atoms with Gasteiger partial charge in [0.2, 0.25) is 0 Å². The maximum atomic E-state index is 11.9. The molecular formula is C29H50O5Si. The lowest BCUT2D eigenvalue weighted by molar-refractivity contribution is -0.141. The first kappa shape index (κ1) is 31.2. The minimum Gasteiger partial charge on any atom is -0.496 e. The van der Waals surface area contributed by atoms with Gasteiger partial charge in [-0.1, -0.05) is 53.5 Å². The second kappa shape index (κ2) is 16.0. The van der Waals surface area contributed by atoms with Gasteiger partial charge in [0.15, 0.2) is 8.32 Å². The summed E-state index contributed by atoms with van der Waals surface area (Å²) >= 11 is 0. The summed E-state index contributed by atoms with van der Waals surface area (Å²) in [7, 11) is 2.98. The smallest absolute Gasteiger partial charge is 0.305 e. The monoisotopic (exact) mass is 506 g/mol. The zero-order chi connectivity index (χ0) is 26.4. The Balaban J connectivity index is 3.59. The number of unbranched alkanes of at least 4 members (excludes halogenated alkanes) is 1. The van der Waals surface area contributed by atoms with Gasteiger partial charge in [0, 0.05) is 12.0 Å². The molecule has 1 aromatic carbocycles.